The van der Waals surface area contributed by atoms with E-state index >= 15 is 0 Å². The van der Waals surface area contributed by atoms with E-state index in [2.05, 4.69) is 46.3 Å². The molecular weight excluding hydrogens is 292 g/mol. The summed E-state index contributed by atoms with van der Waals surface area (Å²) in [6.45, 7) is 6.97. The fourth-order valence-corrected chi connectivity index (χ4v) is 2.33. The third-order valence-electron chi connectivity index (χ3n) is 3.69. The van der Waals surface area contributed by atoms with E-state index in [1.807, 2.05) is 24.4 Å². The third-order valence-corrected chi connectivity index (χ3v) is 3.69. The Morgan fingerprint density at radius 3 is 2.78 bits per heavy atom. The number of nitrogens with zero attached hydrogens (tertiary/aromatic N) is 2. The molecule has 2 aromatic heterocycles. The number of hydrogen-bond donors (Lipinski definition) is 4. The molecule has 0 fully saturated rings. The van der Waals surface area contributed by atoms with Gasteiger partial charge in [-0.1, -0.05) is 20.8 Å². The second-order valence-corrected chi connectivity index (χ2v) is 6.54. The predicted octanol–water partition coefficient (Wildman–Crippen LogP) is 2.29. The molecule has 2 heterocycles. The highest BCUT2D eigenvalue weighted by Crippen LogP contribution is 2.22. The lowest BCUT2D eigenvalue weighted by Gasteiger charge is -2.15. The maximum Gasteiger partial charge on any atom is 0.269 e. The summed E-state index contributed by atoms with van der Waals surface area (Å²) in [6, 6.07) is 5.63. The fourth-order valence-electron chi connectivity index (χ4n) is 2.33. The Kier molecular flexibility index (Phi) is 3.55. The second-order valence-electron chi connectivity index (χ2n) is 6.54. The summed E-state index contributed by atoms with van der Waals surface area (Å²) < 4.78 is 0. The first-order chi connectivity index (χ1) is 10.8. The molecule has 0 saturated heterocycles. The van der Waals surface area contributed by atoms with Crippen molar-refractivity contribution in [3.05, 3.63) is 41.6 Å². The zero-order valence-electron chi connectivity index (χ0n) is 13.4. The van der Waals surface area contributed by atoms with Gasteiger partial charge < -0.3 is 16.0 Å². The van der Waals surface area contributed by atoms with Gasteiger partial charge in [0.15, 0.2) is 5.69 Å². The van der Waals surface area contributed by atoms with Crippen LogP contribution in [0.1, 0.15) is 42.8 Å². The molecule has 0 saturated carbocycles. The van der Waals surface area contributed by atoms with Gasteiger partial charge in [0.05, 0.1) is 12.1 Å². The highest BCUT2D eigenvalue weighted by Gasteiger charge is 2.16. The van der Waals surface area contributed by atoms with Gasteiger partial charge >= 0.3 is 0 Å². The summed E-state index contributed by atoms with van der Waals surface area (Å²) in [5.74, 6) is 0.312. The number of anilines is 1. The van der Waals surface area contributed by atoms with Crippen LogP contribution < -0.4 is 11.1 Å². The van der Waals surface area contributed by atoms with Crippen molar-refractivity contribution >= 4 is 22.5 Å². The van der Waals surface area contributed by atoms with Gasteiger partial charge in [0, 0.05) is 28.4 Å². The van der Waals surface area contributed by atoms with Crippen LogP contribution in [0.25, 0.3) is 10.9 Å². The number of aromatic nitrogens is 4. The highest BCUT2D eigenvalue weighted by atomic mass is 16.1. The van der Waals surface area contributed by atoms with Crippen molar-refractivity contribution in [1.29, 1.82) is 0 Å². The Bertz CT molecular complexity index is 855. The van der Waals surface area contributed by atoms with Crippen LogP contribution in [0.4, 0.5) is 5.69 Å². The number of benzene rings is 1. The first-order valence-electron chi connectivity index (χ1n) is 7.41. The number of imidazole rings is 1. The quantitative estimate of drug-likeness (QED) is 0.592. The number of nitrogens with one attached hydrogen (secondary N) is 3. The van der Waals surface area contributed by atoms with Crippen molar-refractivity contribution in [2.45, 2.75) is 32.7 Å². The summed E-state index contributed by atoms with van der Waals surface area (Å²) in [4.78, 5) is 19.1. The van der Waals surface area contributed by atoms with E-state index in [1.54, 1.807) is 0 Å². The van der Waals surface area contributed by atoms with Gasteiger partial charge in [-0.15, -0.1) is 0 Å². The predicted molar refractivity (Wildman–Crippen MR) is 89.2 cm³/mol. The van der Waals surface area contributed by atoms with E-state index in [0.717, 1.165) is 22.7 Å². The Morgan fingerprint density at radius 1 is 1.35 bits per heavy atom. The monoisotopic (exact) mass is 312 g/mol. The molecule has 5 N–H and O–H groups in total. The van der Waals surface area contributed by atoms with E-state index in [1.165, 1.54) is 0 Å². The van der Waals surface area contributed by atoms with Crippen molar-refractivity contribution in [3.63, 3.8) is 0 Å². The standard InChI is InChI=1S/C16H20N6O/c1-16(2,3)12-7-19-13(20-12)8-18-9-4-5-11-10(6-9)14(15(17)23)22-21-11/h4-7,18H,8H2,1-3H3,(H2,17,23)(H,19,20)(H,21,22). The summed E-state index contributed by atoms with van der Waals surface area (Å²) in [7, 11) is 0. The average molecular weight is 312 g/mol. The first-order valence-corrected chi connectivity index (χ1v) is 7.41. The van der Waals surface area contributed by atoms with E-state index in [0.29, 0.717) is 11.9 Å². The molecule has 3 rings (SSSR count). The van der Waals surface area contributed by atoms with Crippen LogP contribution in [-0.2, 0) is 12.0 Å². The number of carbonyl (C=O) groups is 1. The van der Waals surface area contributed by atoms with Crippen molar-refractivity contribution in [2.75, 3.05) is 5.32 Å². The van der Waals surface area contributed by atoms with Crippen LogP contribution in [0.3, 0.4) is 0 Å². The number of primary amides is 1. The summed E-state index contributed by atoms with van der Waals surface area (Å²) in [5, 5.41) is 10.7. The van der Waals surface area contributed by atoms with Crippen LogP contribution >= 0.6 is 0 Å². The normalized spacial score (nSPS) is 11.8. The Hall–Kier alpha value is -2.83. The molecule has 0 unspecified atom stereocenters. The first kappa shape index (κ1) is 15.1. The van der Waals surface area contributed by atoms with Gasteiger partial charge in [0.1, 0.15) is 5.82 Å². The van der Waals surface area contributed by atoms with Crippen molar-refractivity contribution < 1.29 is 4.79 Å². The summed E-state index contributed by atoms with van der Waals surface area (Å²) in [6.07, 6.45) is 1.86. The molecule has 0 radical (unpaired) electrons. The lowest BCUT2D eigenvalue weighted by molar-refractivity contribution is 0.0997. The molecule has 0 bridgehead atoms. The topological polar surface area (TPSA) is 112 Å². The van der Waals surface area contributed by atoms with Gasteiger partial charge in [0.2, 0.25) is 0 Å². The van der Waals surface area contributed by atoms with E-state index in [9.17, 15) is 4.79 Å². The number of rotatable bonds is 4. The minimum absolute atomic E-state index is 0.0390. The number of H-pyrrole nitrogens is 2. The van der Waals surface area contributed by atoms with E-state index in [4.69, 9.17) is 5.73 Å². The van der Waals surface area contributed by atoms with Crippen LogP contribution in [0, 0.1) is 0 Å². The van der Waals surface area contributed by atoms with Crippen molar-refractivity contribution in [2.24, 2.45) is 5.73 Å². The second kappa shape index (κ2) is 5.42. The lowest BCUT2D eigenvalue weighted by Crippen LogP contribution is -2.12. The molecule has 23 heavy (non-hydrogen) atoms. The summed E-state index contributed by atoms with van der Waals surface area (Å²) in [5.41, 5.74) is 8.35. The highest BCUT2D eigenvalue weighted by molar-refractivity contribution is 6.04. The van der Waals surface area contributed by atoms with Crippen LogP contribution in [0.2, 0.25) is 0 Å². The molecule has 3 aromatic rings. The molecule has 0 spiro atoms. The van der Waals surface area contributed by atoms with Crippen molar-refractivity contribution in [1.82, 2.24) is 20.2 Å². The van der Waals surface area contributed by atoms with Crippen LogP contribution in [0.5, 0.6) is 0 Å². The van der Waals surface area contributed by atoms with Gasteiger partial charge in [-0.25, -0.2) is 4.98 Å². The summed E-state index contributed by atoms with van der Waals surface area (Å²) >= 11 is 0. The minimum atomic E-state index is -0.547. The van der Waals surface area contributed by atoms with Crippen LogP contribution in [0.15, 0.2) is 24.4 Å². The van der Waals surface area contributed by atoms with Crippen molar-refractivity contribution in [3.8, 4) is 0 Å². The van der Waals surface area contributed by atoms with Gasteiger partial charge in [-0.05, 0) is 18.2 Å². The number of carbonyl (C=O) groups excluding carboxylic acids is 1. The number of aromatic amines is 2. The van der Waals surface area contributed by atoms with E-state index < -0.39 is 5.91 Å². The largest absolute Gasteiger partial charge is 0.378 e. The third kappa shape index (κ3) is 3.03. The fraction of sp³-hybridized carbons (Fsp3) is 0.312. The van der Waals surface area contributed by atoms with Gasteiger partial charge in [0.25, 0.3) is 5.91 Å². The maximum atomic E-state index is 11.4. The Morgan fingerprint density at radius 2 is 2.13 bits per heavy atom. The smallest absolute Gasteiger partial charge is 0.269 e. The Labute approximate surface area is 133 Å². The Balaban J connectivity index is 1.78. The molecule has 0 atom stereocenters. The van der Waals surface area contributed by atoms with Crippen LogP contribution in [-0.4, -0.2) is 26.1 Å². The molecule has 0 aliphatic carbocycles. The van der Waals surface area contributed by atoms with E-state index in [-0.39, 0.29) is 11.1 Å². The molecular formula is C16H20N6O. The molecule has 1 amide bonds. The number of fused-ring (bicyclic) bond motifs is 1. The molecule has 7 nitrogen and oxygen atoms in total. The average Bonchev–Trinajstić information content (AvgIpc) is 3.11. The maximum absolute atomic E-state index is 11.4. The zero-order chi connectivity index (χ0) is 16.6. The number of hydrogen-bond acceptors (Lipinski definition) is 4. The number of nitrogens with two attached hydrogens (primary N) is 1. The molecule has 1 aromatic carbocycles. The minimum Gasteiger partial charge on any atom is -0.378 e. The molecule has 120 valence electrons. The zero-order valence-corrected chi connectivity index (χ0v) is 13.4. The molecule has 0 aliphatic heterocycles. The van der Waals surface area contributed by atoms with Gasteiger partial charge in [-0.3, -0.25) is 9.89 Å². The molecule has 0 aliphatic rings. The SMILES string of the molecule is CC(C)(C)c1cnc(CNc2ccc3[nH]nc(C(N)=O)c3c2)[nH]1. The lowest BCUT2D eigenvalue weighted by atomic mass is 9.93. The number of amides is 1. The van der Waals surface area contributed by atoms with Gasteiger partial charge in [-0.2, -0.15) is 5.10 Å². The molecule has 7 heteroatoms.